The average molecular weight is 385 g/mol. The van der Waals surface area contributed by atoms with Crippen molar-refractivity contribution in [1.29, 1.82) is 0 Å². The molecule has 8 heteroatoms. The minimum absolute atomic E-state index is 0.118. The molecule has 1 aliphatic rings. The number of carbonyl (C=O) groups excluding carboxylic acids is 1. The highest BCUT2D eigenvalue weighted by Gasteiger charge is 2.23. The highest BCUT2D eigenvalue weighted by atomic mass is 79.9. The van der Waals surface area contributed by atoms with Crippen LogP contribution in [0.15, 0.2) is 20.4 Å². The molecule has 0 saturated carbocycles. The summed E-state index contributed by atoms with van der Waals surface area (Å²) in [4.78, 5) is 19.3. The van der Waals surface area contributed by atoms with E-state index in [1.165, 1.54) is 0 Å². The van der Waals surface area contributed by atoms with Gasteiger partial charge in [-0.15, -0.1) is 11.3 Å². The molecule has 6 nitrogen and oxygen atoms in total. The zero-order valence-corrected chi connectivity index (χ0v) is 14.6. The third-order valence-electron chi connectivity index (χ3n) is 3.78. The third kappa shape index (κ3) is 3.56. The Hall–Kier alpha value is -1.25. The lowest BCUT2D eigenvalue weighted by Gasteiger charge is -2.23. The van der Waals surface area contributed by atoms with E-state index in [2.05, 4.69) is 31.4 Å². The van der Waals surface area contributed by atoms with E-state index in [4.69, 9.17) is 4.52 Å². The highest BCUT2D eigenvalue weighted by molar-refractivity contribution is 9.10. The van der Waals surface area contributed by atoms with E-state index in [-0.39, 0.29) is 5.91 Å². The number of aryl methyl sites for hydroxylation is 1. The summed E-state index contributed by atoms with van der Waals surface area (Å²) in [6.45, 7) is 1.85. The van der Waals surface area contributed by atoms with Crippen molar-refractivity contribution < 1.29 is 9.32 Å². The number of hydrogen-bond donors (Lipinski definition) is 1. The molecule has 2 aromatic rings. The van der Waals surface area contributed by atoms with E-state index < -0.39 is 0 Å². The van der Waals surface area contributed by atoms with E-state index >= 15 is 0 Å². The lowest BCUT2D eigenvalue weighted by atomic mass is 10.2. The molecule has 1 fully saturated rings. The molecule has 1 aliphatic heterocycles. The van der Waals surface area contributed by atoms with Crippen molar-refractivity contribution >= 4 is 33.2 Å². The van der Waals surface area contributed by atoms with Gasteiger partial charge in [-0.3, -0.25) is 4.79 Å². The maximum absolute atomic E-state index is 12.2. The van der Waals surface area contributed by atoms with Crippen LogP contribution in [0.2, 0.25) is 0 Å². The molecule has 1 atom stereocenters. The van der Waals surface area contributed by atoms with Crippen molar-refractivity contribution in [2.24, 2.45) is 0 Å². The molecular weight excluding hydrogens is 368 g/mol. The maximum atomic E-state index is 12.2. The lowest BCUT2D eigenvalue weighted by molar-refractivity contribution is -0.131. The minimum Gasteiger partial charge on any atom is -0.341 e. The standard InChI is InChI=1S/C14H17BrN4O2S/c1-19(10-4-5-16-7-10)13(20)3-2-12-17-14(18-21-12)11-6-9(15)8-22-11/h6,8,10,16H,2-5,7H2,1H3. The fourth-order valence-corrected chi connectivity index (χ4v) is 3.80. The highest BCUT2D eigenvalue weighted by Crippen LogP contribution is 2.27. The first kappa shape index (κ1) is 15.6. The number of amides is 1. The third-order valence-corrected chi connectivity index (χ3v) is 5.47. The van der Waals surface area contributed by atoms with Crippen LogP contribution in [-0.2, 0) is 11.2 Å². The number of carbonyl (C=O) groups is 1. The minimum atomic E-state index is 0.118. The Morgan fingerprint density at radius 1 is 1.64 bits per heavy atom. The number of rotatable bonds is 5. The molecule has 1 N–H and O–H groups in total. The van der Waals surface area contributed by atoms with Crippen molar-refractivity contribution in [1.82, 2.24) is 20.4 Å². The monoisotopic (exact) mass is 384 g/mol. The van der Waals surface area contributed by atoms with Gasteiger partial charge in [0.15, 0.2) is 0 Å². The van der Waals surface area contributed by atoms with Crippen LogP contribution in [0, 0.1) is 0 Å². The average Bonchev–Trinajstić information content (AvgIpc) is 3.24. The molecular formula is C14H17BrN4O2S. The Balaban J connectivity index is 1.55. The quantitative estimate of drug-likeness (QED) is 0.856. The number of halogens is 1. The van der Waals surface area contributed by atoms with Crippen LogP contribution >= 0.6 is 27.3 Å². The largest absolute Gasteiger partial charge is 0.341 e. The second kappa shape index (κ2) is 6.89. The van der Waals surface area contributed by atoms with Gasteiger partial charge in [0.25, 0.3) is 0 Å². The number of aromatic nitrogens is 2. The predicted octanol–water partition coefficient (Wildman–Crippen LogP) is 2.31. The van der Waals surface area contributed by atoms with Gasteiger partial charge < -0.3 is 14.7 Å². The summed E-state index contributed by atoms with van der Waals surface area (Å²) in [7, 11) is 1.86. The second-order valence-electron chi connectivity index (χ2n) is 5.29. The molecule has 1 amide bonds. The van der Waals surface area contributed by atoms with Crippen molar-refractivity contribution in [2.75, 3.05) is 20.1 Å². The number of nitrogens with one attached hydrogen (secondary N) is 1. The number of hydrogen-bond acceptors (Lipinski definition) is 6. The topological polar surface area (TPSA) is 71.3 Å². The smallest absolute Gasteiger partial charge is 0.227 e. The Kier molecular flexibility index (Phi) is 4.90. The van der Waals surface area contributed by atoms with Gasteiger partial charge >= 0.3 is 0 Å². The summed E-state index contributed by atoms with van der Waals surface area (Å²) in [5.41, 5.74) is 0. The molecule has 1 saturated heterocycles. The van der Waals surface area contributed by atoms with Crippen LogP contribution in [0.1, 0.15) is 18.7 Å². The van der Waals surface area contributed by atoms with Crippen molar-refractivity contribution in [2.45, 2.75) is 25.3 Å². The predicted molar refractivity (Wildman–Crippen MR) is 87.7 cm³/mol. The van der Waals surface area contributed by atoms with Gasteiger partial charge in [-0.25, -0.2) is 0 Å². The van der Waals surface area contributed by atoms with Crippen LogP contribution in [0.3, 0.4) is 0 Å². The first-order chi connectivity index (χ1) is 10.6. The summed E-state index contributed by atoms with van der Waals surface area (Å²) in [6.07, 6.45) is 1.88. The van der Waals surface area contributed by atoms with Crippen LogP contribution in [0.4, 0.5) is 0 Å². The number of thiophene rings is 1. The Labute approximate surface area is 141 Å². The van der Waals surface area contributed by atoms with Gasteiger partial charge in [-0.05, 0) is 35.0 Å². The number of likely N-dealkylation sites (N-methyl/N-ethyl adjacent to an activating group) is 1. The summed E-state index contributed by atoms with van der Waals surface area (Å²) in [5.74, 6) is 1.20. The van der Waals surface area contributed by atoms with Gasteiger partial charge in [0.1, 0.15) is 0 Å². The van der Waals surface area contributed by atoms with Crippen LogP contribution < -0.4 is 5.32 Å². The van der Waals surface area contributed by atoms with Crippen LogP contribution in [0.5, 0.6) is 0 Å². The SMILES string of the molecule is CN(C(=O)CCc1nc(-c2cc(Br)cs2)no1)C1CCNC1. The molecule has 0 radical (unpaired) electrons. The lowest BCUT2D eigenvalue weighted by Crippen LogP contribution is -2.38. The van der Waals surface area contributed by atoms with Crippen molar-refractivity contribution in [3.8, 4) is 10.7 Å². The van der Waals surface area contributed by atoms with Gasteiger partial charge in [0, 0.05) is 42.3 Å². The molecule has 0 bridgehead atoms. The molecule has 118 valence electrons. The van der Waals surface area contributed by atoms with Gasteiger partial charge in [0.2, 0.25) is 17.6 Å². The van der Waals surface area contributed by atoms with Gasteiger partial charge in [-0.2, -0.15) is 4.98 Å². The molecule has 22 heavy (non-hydrogen) atoms. The summed E-state index contributed by atoms with van der Waals surface area (Å²) >= 11 is 4.95. The summed E-state index contributed by atoms with van der Waals surface area (Å²) < 4.78 is 6.23. The molecule has 3 heterocycles. The Bertz CT molecular complexity index is 651. The van der Waals surface area contributed by atoms with Crippen molar-refractivity contribution in [3.05, 3.63) is 21.8 Å². The normalized spacial score (nSPS) is 17.8. The first-order valence-electron chi connectivity index (χ1n) is 7.17. The van der Waals surface area contributed by atoms with E-state index in [1.807, 2.05) is 23.4 Å². The van der Waals surface area contributed by atoms with Gasteiger partial charge in [-0.1, -0.05) is 5.16 Å². The van der Waals surface area contributed by atoms with E-state index in [0.29, 0.717) is 30.6 Å². The van der Waals surface area contributed by atoms with E-state index in [9.17, 15) is 4.79 Å². The van der Waals surface area contributed by atoms with E-state index in [1.54, 1.807) is 11.3 Å². The molecule has 0 aromatic carbocycles. The Morgan fingerprint density at radius 2 is 2.50 bits per heavy atom. The molecule has 1 unspecified atom stereocenters. The number of nitrogens with zero attached hydrogens (tertiary/aromatic N) is 3. The molecule has 3 rings (SSSR count). The fourth-order valence-electron chi connectivity index (χ4n) is 2.45. The molecule has 2 aromatic heterocycles. The zero-order chi connectivity index (χ0) is 15.5. The van der Waals surface area contributed by atoms with Gasteiger partial charge in [0.05, 0.1) is 4.88 Å². The van der Waals surface area contributed by atoms with Crippen LogP contribution in [-0.4, -0.2) is 47.1 Å². The summed E-state index contributed by atoms with van der Waals surface area (Å²) in [5, 5.41) is 9.21. The summed E-state index contributed by atoms with van der Waals surface area (Å²) in [6, 6.07) is 2.25. The van der Waals surface area contributed by atoms with Crippen molar-refractivity contribution in [3.63, 3.8) is 0 Å². The fraction of sp³-hybridized carbons (Fsp3) is 0.500. The van der Waals surface area contributed by atoms with Crippen LogP contribution in [0.25, 0.3) is 10.7 Å². The van der Waals surface area contributed by atoms with E-state index in [0.717, 1.165) is 28.9 Å². The zero-order valence-electron chi connectivity index (χ0n) is 12.2. The molecule has 0 spiro atoms. The Morgan fingerprint density at radius 3 is 3.18 bits per heavy atom. The first-order valence-corrected chi connectivity index (χ1v) is 8.84. The second-order valence-corrected chi connectivity index (χ2v) is 7.12. The molecule has 0 aliphatic carbocycles. The maximum Gasteiger partial charge on any atom is 0.227 e.